The summed E-state index contributed by atoms with van der Waals surface area (Å²) >= 11 is 0. The predicted molar refractivity (Wildman–Crippen MR) is 139 cm³/mol. The number of hydrogen-bond donors (Lipinski definition) is 2. The lowest BCUT2D eigenvalue weighted by Gasteiger charge is -2.37. The average molecular weight is 493 g/mol. The van der Waals surface area contributed by atoms with Gasteiger partial charge in [0.05, 0.1) is 0 Å². The quantitative estimate of drug-likeness (QED) is 0.309. The second kappa shape index (κ2) is 11.2. The number of carbonyl (C=O) groups excluding carboxylic acids is 1. The van der Waals surface area contributed by atoms with Gasteiger partial charge in [0.2, 0.25) is 0 Å². The van der Waals surface area contributed by atoms with Gasteiger partial charge in [-0.3, -0.25) is 0 Å². The van der Waals surface area contributed by atoms with Crippen LogP contribution in [0.15, 0.2) is 18.2 Å². The van der Waals surface area contributed by atoms with Crippen molar-refractivity contribution in [3.8, 4) is 29.4 Å². The lowest BCUT2D eigenvalue weighted by molar-refractivity contribution is 0.0227. The minimum atomic E-state index is -0.503. The SMILES string of the molecule is C#Cc1ccc(-c2nnc(NC3CC(NC(=O)OC(C)(C)C)C3)c3c2CCCC3)c(OCOCC)c1. The van der Waals surface area contributed by atoms with Crippen molar-refractivity contribution in [2.24, 2.45) is 0 Å². The molecule has 36 heavy (non-hydrogen) atoms. The molecule has 1 amide bonds. The van der Waals surface area contributed by atoms with Crippen LogP contribution in [0.5, 0.6) is 5.75 Å². The summed E-state index contributed by atoms with van der Waals surface area (Å²) in [7, 11) is 0. The first kappa shape index (κ1) is 25.8. The number of fused-ring (bicyclic) bond motifs is 1. The zero-order valence-electron chi connectivity index (χ0n) is 21.6. The molecule has 0 saturated heterocycles. The van der Waals surface area contributed by atoms with Crippen molar-refractivity contribution in [1.82, 2.24) is 15.5 Å². The molecule has 2 aliphatic carbocycles. The number of rotatable bonds is 8. The van der Waals surface area contributed by atoms with Gasteiger partial charge in [0.25, 0.3) is 0 Å². The molecule has 8 heteroatoms. The van der Waals surface area contributed by atoms with Gasteiger partial charge < -0.3 is 24.8 Å². The molecule has 8 nitrogen and oxygen atoms in total. The number of anilines is 1. The van der Waals surface area contributed by atoms with Crippen LogP contribution in [0.2, 0.25) is 0 Å². The van der Waals surface area contributed by atoms with Crippen molar-refractivity contribution >= 4 is 11.9 Å². The Labute approximate surface area is 213 Å². The van der Waals surface area contributed by atoms with E-state index in [9.17, 15) is 4.79 Å². The lowest BCUT2D eigenvalue weighted by Crippen LogP contribution is -2.51. The maximum absolute atomic E-state index is 12.0. The van der Waals surface area contributed by atoms with Crippen LogP contribution in [0.4, 0.5) is 10.6 Å². The number of alkyl carbamates (subject to hydrolysis) is 1. The molecule has 0 bridgehead atoms. The normalized spacial score (nSPS) is 18.9. The Kier molecular flexibility index (Phi) is 8.00. The van der Waals surface area contributed by atoms with E-state index < -0.39 is 5.60 Å². The molecule has 0 spiro atoms. The molecule has 1 aromatic heterocycles. The molecular formula is C28H36N4O4. The molecule has 0 atom stereocenters. The van der Waals surface area contributed by atoms with E-state index in [1.54, 1.807) is 0 Å². The molecule has 2 aromatic rings. The van der Waals surface area contributed by atoms with Gasteiger partial charge in [0.15, 0.2) is 12.6 Å². The number of ether oxygens (including phenoxy) is 3. The summed E-state index contributed by atoms with van der Waals surface area (Å²) in [6.07, 6.45) is 11.0. The minimum absolute atomic E-state index is 0.0973. The number of aromatic nitrogens is 2. The molecule has 1 saturated carbocycles. The highest BCUT2D eigenvalue weighted by Crippen LogP contribution is 2.38. The van der Waals surface area contributed by atoms with Crippen molar-refractivity contribution < 1.29 is 19.0 Å². The molecule has 192 valence electrons. The van der Waals surface area contributed by atoms with E-state index in [1.165, 1.54) is 11.1 Å². The topological polar surface area (TPSA) is 94.6 Å². The first-order valence-corrected chi connectivity index (χ1v) is 12.7. The predicted octanol–water partition coefficient (Wildman–Crippen LogP) is 4.84. The Morgan fingerprint density at radius 3 is 2.58 bits per heavy atom. The molecule has 0 unspecified atom stereocenters. The van der Waals surface area contributed by atoms with Gasteiger partial charge in [-0.2, -0.15) is 0 Å². The van der Waals surface area contributed by atoms with Crippen molar-refractivity contribution in [1.29, 1.82) is 0 Å². The monoisotopic (exact) mass is 492 g/mol. The number of nitrogens with one attached hydrogen (secondary N) is 2. The third-order valence-electron chi connectivity index (χ3n) is 6.39. The van der Waals surface area contributed by atoms with E-state index in [4.69, 9.17) is 20.6 Å². The van der Waals surface area contributed by atoms with Crippen molar-refractivity contribution in [3.63, 3.8) is 0 Å². The van der Waals surface area contributed by atoms with Crippen LogP contribution >= 0.6 is 0 Å². The fourth-order valence-electron chi connectivity index (χ4n) is 4.62. The Bertz CT molecular complexity index is 1130. The number of hydrogen-bond acceptors (Lipinski definition) is 7. The molecule has 4 rings (SSSR count). The average Bonchev–Trinajstić information content (AvgIpc) is 2.82. The van der Waals surface area contributed by atoms with E-state index >= 15 is 0 Å². The maximum atomic E-state index is 12.0. The van der Waals surface area contributed by atoms with Crippen LogP contribution in [0.25, 0.3) is 11.3 Å². The van der Waals surface area contributed by atoms with E-state index in [1.807, 2.05) is 45.9 Å². The fourth-order valence-corrected chi connectivity index (χ4v) is 4.62. The van der Waals surface area contributed by atoms with Gasteiger partial charge in [-0.25, -0.2) is 4.79 Å². The van der Waals surface area contributed by atoms with Crippen molar-refractivity contribution in [2.75, 3.05) is 18.7 Å². The van der Waals surface area contributed by atoms with Crippen LogP contribution in [-0.2, 0) is 22.3 Å². The first-order chi connectivity index (χ1) is 17.3. The number of carbonyl (C=O) groups is 1. The molecule has 0 radical (unpaired) electrons. The molecular weight excluding hydrogens is 456 g/mol. The summed E-state index contributed by atoms with van der Waals surface area (Å²) in [6, 6.07) is 6.04. The van der Waals surface area contributed by atoms with E-state index in [2.05, 4.69) is 26.8 Å². The maximum Gasteiger partial charge on any atom is 0.407 e. The van der Waals surface area contributed by atoms with Gasteiger partial charge in [0.1, 0.15) is 17.0 Å². The van der Waals surface area contributed by atoms with Gasteiger partial charge >= 0.3 is 6.09 Å². The van der Waals surface area contributed by atoms with Gasteiger partial charge in [-0.15, -0.1) is 16.6 Å². The highest BCUT2D eigenvalue weighted by atomic mass is 16.7. The molecule has 1 fully saturated rings. The minimum Gasteiger partial charge on any atom is -0.467 e. The second-order valence-corrected chi connectivity index (χ2v) is 10.3. The van der Waals surface area contributed by atoms with Crippen LogP contribution in [0, 0.1) is 12.3 Å². The van der Waals surface area contributed by atoms with E-state index in [0.717, 1.165) is 61.2 Å². The van der Waals surface area contributed by atoms with Gasteiger partial charge in [-0.1, -0.05) is 5.92 Å². The summed E-state index contributed by atoms with van der Waals surface area (Å²) in [5, 5.41) is 15.8. The molecule has 1 aromatic carbocycles. The third-order valence-corrected chi connectivity index (χ3v) is 6.39. The first-order valence-electron chi connectivity index (χ1n) is 12.7. The number of nitrogens with zero attached hydrogens (tertiary/aromatic N) is 2. The van der Waals surface area contributed by atoms with E-state index in [0.29, 0.717) is 12.4 Å². The molecule has 1 heterocycles. The largest absolute Gasteiger partial charge is 0.467 e. The molecule has 2 aliphatic rings. The molecule has 0 aliphatic heterocycles. The van der Waals surface area contributed by atoms with Crippen LogP contribution in [0.3, 0.4) is 0 Å². The lowest BCUT2D eigenvalue weighted by atomic mass is 9.85. The van der Waals surface area contributed by atoms with Crippen LogP contribution in [0.1, 0.15) is 70.1 Å². The summed E-state index contributed by atoms with van der Waals surface area (Å²) < 4.78 is 16.7. The second-order valence-electron chi connectivity index (χ2n) is 10.3. The smallest absolute Gasteiger partial charge is 0.407 e. The summed E-state index contributed by atoms with van der Waals surface area (Å²) in [4.78, 5) is 12.0. The summed E-state index contributed by atoms with van der Waals surface area (Å²) in [6.45, 7) is 8.22. The van der Waals surface area contributed by atoms with Crippen molar-refractivity contribution in [2.45, 2.75) is 83.9 Å². The Hall–Kier alpha value is -3.31. The third kappa shape index (κ3) is 6.27. The Morgan fingerprint density at radius 2 is 1.89 bits per heavy atom. The number of terminal acetylenes is 1. The fraction of sp³-hybridized carbons (Fsp3) is 0.536. The molecule has 2 N–H and O–H groups in total. The van der Waals surface area contributed by atoms with Crippen LogP contribution in [-0.4, -0.2) is 47.4 Å². The van der Waals surface area contributed by atoms with E-state index in [-0.39, 0.29) is 25.0 Å². The van der Waals surface area contributed by atoms with Crippen molar-refractivity contribution in [3.05, 3.63) is 34.9 Å². The zero-order valence-corrected chi connectivity index (χ0v) is 21.6. The number of benzene rings is 1. The standard InChI is InChI=1S/C28H36N4O4/c1-6-18-12-13-23(24(14-18)35-17-34-7-2)25-21-10-8-9-11-22(21)26(32-31-25)29-19-15-20(16-19)30-27(33)36-28(3,4)5/h1,12-14,19-20H,7-11,15-17H2,2-5H3,(H,29,32)(H,30,33). The summed E-state index contributed by atoms with van der Waals surface area (Å²) in [5.41, 5.74) is 4.36. The number of amides is 1. The highest BCUT2D eigenvalue weighted by molar-refractivity contribution is 5.74. The van der Waals surface area contributed by atoms with Gasteiger partial charge in [-0.05, 0) is 90.0 Å². The van der Waals surface area contributed by atoms with Gasteiger partial charge in [0, 0.05) is 35.4 Å². The Morgan fingerprint density at radius 1 is 1.14 bits per heavy atom. The Balaban J connectivity index is 1.50. The highest BCUT2D eigenvalue weighted by Gasteiger charge is 2.33. The zero-order chi connectivity index (χ0) is 25.7. The van der Waals surface area contributed by atoms with Crippen LogP contribution < -0.4 is 15.4 Å². The summed E-state index contributed by atoms with van der Waals surface area (Å²) in [5.74, 6) is 4.16.